The van der Waals surface area contributed by atoms with E-state index in [0.717, 1.165) is 31.7 Å². The Morgan fingerprint density at radius 1 is 0.444 bits per heavy atom. The number of benzene rings is 1. The third-order valence-corrected chi connectivity index (χ3v) is 12.9. The molecule has 63 heavy (non-hydrogen) atoms. The van der Waals surface area contributed by atoms with Gasteiger partial charge in [-0.2, -0.15) is 0 Å². The molecule has 0 heterocycles. The van der Waals surface area contributed by atoms with Crippen LogP contribution >= 0.6 is 0 Å². The van der Waals surface area contributed by atoms with Gasteiger partial charge in [0.15, 0.2) is 0 Å². The SMILES string of the molecule is CCCCCCCCCCCCCCCCCCC/C=C/CCOC(=O)c1cccc(S(=O)(=O)[O-])c1C(=O)OCC/C=C/CCCCCCCCCCCCCCCCCCC.[K+]. The van der Waals surface area contributed by atoms with Crippen LogP contribution in [0, 0.1) is 0 Å². The summed E-state index contributed by atoms with van der Waals surface area (Å²) in [5, 5.41) is 0. The number of carbonyl (C=O) groups is 2. The summed E-state index contributed by atoms with van der Waals surface area (Å²) in [7, 11) is -5.04. The summed E-state index contributed by atoms with van der Waals surface area (Å²) < 4.78 is 46.8. The number of allylic oxidation sites excluding steroid dienone is 2. The summed E-state index contributed by atoms with van der Waals surface area (Å²) in [6, 6.07) is 3.58. The molecule has 358 valence electrons. The van der Waals surface area contributed by atoms with Crippen LogP contribution in [-0.4, -0.2) is 38.1 Å². The van der Waals surface area contributed by atoms with Gasteiger partial charge in [0.2, 0.25) is 0 Å². The maximum atomic E-state index is 13.0. The predicted octanol–water partition coefficient (Wildman–Crippen LogP) is 13.9. The van der Waals surface area contributed by atoms with Crippen molar-refractivity contribution in [3.05, 3.63) is 53.6 Å². The first-order valence-corrected chi connectivity index (χ1v) is 27.5. The van der Waals surface area contributed by atoms with Gasteiger partial charge in [0.05, 0.1) is 29.2 Å². The van der Waals surface area contributed by atoms with Crippen molar-refractivity contribution in [1.82, 2.24) is 0 Å². The topological polar surface area (TPSA) is 110 Å². The van der Waals surface area contributed by atoms with Crippen LogP contribution in [0.3, 0.4) is 0 Å². The third kappa shape index (κ3) is 37.9. The molecule has 0 aromatic heterocycles. The Hall–Kier alpha value is -0.814. The first-order chi connectivity index (χ1) is 30.3. The number of hydrogen-bond acceptors (Lipinski definition) is 7. The quantitative estimate of drug-likeness (QED) is 0.0211. The average molecular weight is 925 g/mol. The van der Waals surface area contributed by atoms with Crippen molar-refractivity contribution in [3.8, 4) is 0 Å². The van der Waals surface area contributed by atoms with E-state index in [9.17, 15) is 22.6 Å². The zero-order valence-corrected chi connectivity index (χ0v) is 45.0. The van der Waals surface area contributed by atoms with Crippen molar-refractivity contribution in [1.29, 1.82) is 0 Å². The zero-order chi connectivity index (χ0) is 45.0. The van der Waals surface area contributed by atoms with Gasteiger partial charge in [0.1, 0.15) is 10.1 Å². The van der Waals surface area contributed by atoms with E-state index in [1.165, 1.54) is 218 Å². The Labute approximate surface area is 431 Å². The van der Waals surface area contributed by atoms with Gasteiger partial charge in [-0.05, 0) is 50.7 Å². The smallest absolute Gasteiger partial charge is 0.744 e. The Morgan fingerprint density at radius 2 is 0.730 bits per heavy atom. The van der Waals surface area contributed by atoms with Crippen molar-refractivity contribution < 1.29 is 83.4 Å². The zero-order valence-electron chi connectivity index (χ0n) is 41.1. The number of rotatable bonds is 45. The van der Waals surface area contributed by atoms with Crippen molar-refractivity contribution in [2.45, 2.75) is 263 Å². The molecule has 0 saturated carbocycles. The molecule has 0 spiro atoms. The van der Waals surface area contributed by atoms with Crippen LogP contribution in [0.15, 0.2) is 47.4 Å². The van der Waals surface area contributed by atoms with E-state index in [0.29, 0.717) is 12.8 Å². The molecule has 0 amide bonds. The molecular weight excluding hydrogens is 832 g/mol. The fourth-order valence-corrected chi connectivity index (χ4v) is 8.84. The van der Waals surface area contributed by atoms with Crippen LogP contribution in [0.5, 0.6) is 0 Å². The first kappa shape index (κ1) is 62.2. The van der Waals surface area contributed by atoms with Crippen molar-refractivity contribution >= 4 is 22.1 Å². The standard InChI is InChI=1S/C54H94O7S.K/c1-3-5-7-9-11-13-15-17-19-21-23-25-27-29-31-33-35-37-39-41-43-48-60-53(55)50-46-45-47-51(62(57,58)59)52(50)54(56)61-49-44-42-40-38-36-34-32-30-28-26-24-22-20-18-16-14-12-10-8-6-4-2;/h39-42,45-47H,3-38,43-44,48-49H2,1-2H3,(H,57,58,59);/q;+1/p-1/b41-39+,42-40+;. The first-order valence-electron chi connectivity index (χ1n) is 26.1. The number of unbranched alkanes of at least 4 members (excludes halogenated alkanes) is 34. The molecule has 0 aliphatic rings. The Morgan fingerprint density at radius 3 is 1.05 bits per heavy atom. The molecule has 0 radical (unpaired) electrons. The van der Waals surface area contributed by atoms with Gasteiger partial charge >= 0.3 is 63.3 Å². The minimum Gasteiger partial charge on any atom is -0.744 e. The Kier molecular flexibility index (Phi) is 45.7. The number of ether oxygens (including phenoxy) is 2. The van der Waals surface area contributed by atoms with Gasteiger partial charge in [-0.1, -0.05) is 250 Å². The molecule has 0 saturated heterocycles. The number of hydrogen-bond donors (Lipinski definition) is 0. The van der Waals surface area contributed by atoms with Crippen LogP contribution in [0.1, 0.15) is 279 Å². The molecule has 0 fully saturated rings. The van der Waals surface area contributed by atoms with E-state index in [-0.39, 0.29) is 70.2 Å². The van der Waals surface area contributed by atoms with E-state index in [1.54, 1.807) is 0 Å². The average Bonchev–Trinajstić information content (AvgIpc) is 3.26. The molecule has 7 nitrogen and oxygen atoms in total. The Balaban J connectivity index is 0.0000384. The van der Waals surface area contributed by atoms with E-state index in [1.807, 2.05) is 12.2 Å². The molecule has 1 aromatic rings. The molecule has 0 bridgehead atoms. The van der Waals surface area contributed by atoms with Crippen LogP contribution in [-0.2, 0) is 19.6 Å². The number of carbonyl (C=O) groups excluding carboxylic acids is 2. The fraction of sp³-hybridized carbons (Fsp3) is 0.778. The summed E-state index contributed by atoms with van der Waals surface area (Å²) in [5.41, 5.74) is -0.844. The second-order valence-electron chi connectivity index (χ2n) is 17.8. The summed E-state index contributed by atoms with van der Waals surface area (Å²) in [5.74, 6) is -1.89. The van der Waals surface area contributed by atoms with Gasteiger partial charge in [-0.15, -0.1) is 0 Å². The van der Waals surface area contributed by atoms with Crippen LogP contribution in [0.4, 0.5) is 0 Å². The second kappa shape index (κ2) is 46.3. The van der Waals surface area contributed by atoms with E-state index >= 15 is 0 Å². The molecule has 1 aromatic carbocycles. The summed E-state index contributed by atoms with van der Waals surface area (Å²) in [6.45, 7) is 4.62. The van der Waals surface area contributed by atoms with Crippen molar-refractivity contribution in [2.24, 2.45) is 0 Å². The number of esters is 2. The van der Waals surface area contributed by atoms with E-state index in [2.05, 4.69) is 26.0 Å². The maximum absolute atomic E-state index is 13.0. The minimum atomic E-state index is -5.04. The van der Waals surface area contributed by atoms with Gasteiger partial charge in [0, 0.05) is 0 Å². The van der Waals surface area contributed by atoms with Crippen LogP contribution < -0.4 is 51.4 Å². The molecule has 0 N–H and O–H groups in total. The minimum absolute atomic E-state index is 0. The summed E-state index contributed by atoms with van der Waals surface area (Å²) in [6.07, 6.45) is 56.8. The van der Waals surface area contributed by atoms with E-state index < -0.39 is 32.5 Å². The largest absolute Gasteiger partial charge is 1.00 e. The molecule has 0 aliphatic carbocycles. The van der Waals surface area contributed by atoms with Gasteiger partial charge in [-0.3, -0.25) is 0 Å². The molecule has 0 aliphatic heterocycles. The fourth-order valence-electron chi connectivity index (χ4n) is 8.15. The molecular formula is C54H93KO7S. The second-order valence-corrected chi connectivity index (χ2v) is 19.2. The molecule has 1 rings (SSSR count). The summed E-state index contributed by atoms with van der Waals surface area (Å²) in [4.78, 5) is 25.2. The molecule has 0 unspecified atom stereocenters. The van der Waals surface area contributed by atoms with Crippen molar-refractivity contribution in [3.63, 3.8) is 0 Å². The molecule has 0 atom stereocenters. The van der Waals surface area contributed by atoms with Crippen LogP contribution in [0.2, 0.25) is 0 Å². The molecule has 9 heteroatoms. The van der Waals surface area contributed by atoms with Crippen molar-refractivity contribution in [2.75, 3.05) is 13.2 Å². The summed E-state index contributed by atoms with van der Waals surface area (Å²) >= 11 is 0. The predicted molar refractivity (Wildman–Crippen MR) is 260 cm³/mol. The monoisotopic (exact) mass is 925 g/mol. The normalized spacial score (nSPS) is 11.7. The van der Waals surface area contributed by atoms with Crippen LogP contribution in [0.25, 0.3) is 0 Å². The Bertz CT molecular complexity index is 1380. The van der Waals surface area contributed by atoms with Gasteiger partial charge in [0.25, 0.3) is 0 Å². The third-order valence-electron chi connectivity index (χ3n) is 12.0. The maximum Gasteiger partial charge on any atom is 1.00 e. The van der Waals surface area contributed by atoms with Gasteiger partial charge in [-0.25, -0.2) is 18.0 Å². The van der Waals surface area contributed by atoms with Gasteiger partial charge < -0.3 is 14.0 Å². The van der Waals surface area contributed by atoms with E-state index in [4.69, 9.17) is 9.47 Å².